The Kier molecular flexibility index (Phi) is 4.36. The maximum absolute atomic E-state index is 12.8. The molecule has 1 aromatic heterocycles. The van der Waals surface area contributed by atoms with Crippen molar-refractivity contribution in [3.63, 3.8) is 0 Å². The summed E-state index contributed by atoms with van der Waals surface area (Å²) in [6.45, 7) is 2.54. The molecule has 0 bridgehead atoms. The molecule has 0 radical (unpaired) electrons. The molecule has 2 aromatic carbocycles. The third-order valence-electron chi connectivity index (χ3n) is 4.07. The van der Waals surface area contributed by atoms with Crippen molar-refractivity contribution in [3.05, 3.63) is 65.9 Å². The van der Waals surface area contributed by atoms with Gasteiger partial charge in [0.15, 0.2) is 9.84 Å². The topological polar surface area (TPSA) is 39.1 Å². The molecule has 0 N–H and O–H groups in total. The Bertz CT molecular complexity index is 1000. The second kappa shape index (κ2) is 6.22. The van der Waals surface area contributed by atoms with Gasteiger partial charge >= 0.3 is 6.18 Å². The SMILES string of the molecule is CCn1cc(S(=O)(=O)Cc2ccc(C(F)(F)F)cc2)c2ccccc21. The number of halogens is 3. The predicted molar refractivity (Wildman–Crippen MR) is 89.9 cm³/mol. The average Bonchev–Trinajstić information content (AvgIpc) is 2.94. The van der Waals surface area contributed by atoms with Gasteiger partial charge in [-0.2, -0.15) is 13.2 Å². The smallest absolute Gasteiger partial charge is 0.346 e. The maximum atomic E-state index is 12.8. The number of nitrogens with zero attached hydrogens (tertiary/aromatic N) is 1. The molecule has 3 aromatic rings. The molecule has 0 amide bonds. The van der Waals surface area contributed by atoms with Crippen molar-refractivity contribution in [1.82, 2.24) is 4.57 Å². The van der Waals surface area contributed by atoms with Gasteiger partial charge in [0.1, 0.15) is 0 Å². The predicted octanol–water partition coefficient (Wildman–Crippen LogP) is 4.65. The molecule has 0 unspecified atom stereocenters. The monoisotopic (exact) mass is 367 g/mol. The lowest BCUT2D eigenvalue weighted by Gasteiger charge is -2.08. The molecule has 7 heteroatoms. The highest BCUT2D eigenvalue weighted by atomic mass is 32.2. The van der Waals surface area contributed by atoms with Crippen molar-refractivity contribution in [2.75, 3.05) is 0 Å². The van der Waals surface area contributed by atoms with Gasteiger partial charge in [-0.3, -0.25) is 0 Å². The van der Waals surface area contributed by atoms with Crippen LogP contribution in [-0.2, 0) is 28.3 Å². The van der Waals surface area contributed by atoms with Crippen LogP contribution in [0.4, 0.5) is 13.2 Å². The largest absolute Gasteiger partial charge is 0.416 e. The number of hydrogen-bond donors (Lipinski definition) is 0. The van der Waals surface area contributed by atoms with Crippen LogP contribution in [0.25, 0.3) is 10.9 Å². The van der Waals surface area contributed by atoms with Gasteiger partial charge in [-0.25, -0.2) is 8.42 Å². The summed E-state index contributed by atoms with van der Waals surface area (Å²) in [5.41, 5.74) is 0.341. The molecule has 0 saturated heterocycles. The van der Waals surface area contributed by atoms with E-state index >= 15 is 0 Å². The van der Waals surface area contributed by atoms with Gasteiger partial charge in [0, 0.05) is 23.6 Å². The van der Waals surface area contributed by atoms with Crippen LogP contribution < -0.4 is 0 Å². The van der Waals surface area contributed by atoms with Crippen LogP contribution in [-0.4, -0.2) is 13.0 Å². The Labute approximate surface area is 143 Å². The number of hydrogen-bond acceptors (Lipinski definition) is 2. The van der Waals surface area contributed by atoms with Gasteiger partial charge in [0.25, 0.3) is 0 Å². The van der Waals surface area contributed by atoms with E-state index in [1.807, 2.05) is 23.6 Å². The zero-order valence-corrected chi connectivity index (χ0v) is 14.2. The highest BCUT2D eigenvalue weighted by molar-refractivity contribution is 7.90. The molecular formula is C18H16F3NO2S. The van der Waals surface area contributed by atoms with Crippen molar-refractivity contribution in [2.24, 2.45) is 0 Å². The molecular weight excluding hydrogens is 351 g/mol. The average molecular weight is 367 g/mol. The Morgan fingerprint density at radius 2 is 1.64 bits per heavy atom. The van der Waals surface area contributed by atoms with Gasteiger partial charge in [0.05, 0.1) is 16.2 Å². The van der Waals surface area contributed by atoms with Gasteiger partial charge in [0.2, 0.25) is 0 Å². The van der Waals surface area contributed by atoms with Crippen LogP contribution in [0, 0.1) is 0 Å². The summed E-state index contributed by atoms with van der Waals surface area (Å²) in [6, 6.07) is 11.4. The quantitative estimate of drug-likeness (QED) is 0.673. The summed E-state index contributed by atoms with van der Waals surface area (Å²) in [7, 11) is -3.68. The summed E-state index contributed by atoms with van der Waals surface area (Å²) >= 11 is 0. The molecule has 0 saturated carbocycles. The highest BCUT2D eigenvalue weighted by Crippen LogP contribution is 2.31. The first-order valence-corrected chi connectivity index (χ1v) is 9.34. The van der Waals surface area contributed by atoms with E-state index in [1.165, 1.54) is 12.1 Å². The molecule has 25 heavy (non-hydrogen) atoms. The molecule has 3 rings (SSSR count). The number of aromatic nitrogens is 1. The van der Waals surface area contributed by atoms with E-state index < -0.39 is 21.6 Å². The molecule has 0 aliphatic heterocycles. The van der Waals surface area contributed by atoms with Crippen LogP contribution in [0.5, 0.6) is 0 Å². The fraction of sp³-hybridized carbons (Fsp3) is 0.222. The minimum absolute atomic E-state index is 0.199. The first-order chi connectivity index (χ1) is 11.7. The van der Waals surface area contributed by atoms with E-state index in [2.05, 4.69) is 0 Å². The third-order valence-corrected chi connectivity index (χ3v) is 5.77. The number of alkyl halides is 3. The zero-order valence-electron chi connectivity index (χ0n) is 13.4. The van der Waals surface area contributed by atoms with Gasteiger partial charge in [-0.05, 0) is 30.7 Å². The molecule has 0 aliphatic carbocycles. The van der Waals surface area contributed by atoms with E-state index in [-0.39, 0.29) is 10.6 Å². The van der Waals surface area contributed by atoms with Crippen LogP contribution in [0.1, 0.15) is 18.1 Å². The normalized spacial score (nSPS) is 12.6. The van der Waals surface area contributed by atoms with Crippen molar-refractivity contribution in [2.45, 2.75) is 30.3 Å². The molecule has 3 nitrogen and oxygen atoms in total. The summed E-state index contributed by atoms with van der Waals surface area (Å²) in [5, 5.41) is 0.622. The number of fused-ring (bicyclic) bond motifs is 1. The Balaban J connectivity index is 1.98. The lowest BCUT2D eigenvalue weighted by Crippen LogP contribution is -2.07. The lowest BCUT2D eigenvalue weighted by molar-refractivity contribution is -0.137. The fourth-order valence-electron chi connectivity index (χ4n) is 2.81. The molecule has 0 fully saturated rings. The van der Waals surface area contributed by atoms with Crippen molar-refractivity contribution in [1.29, 1.82) is 0 Å². The minimum atomic E-state index is -4.44. The van der Waals surface area contributed by atoms with E-state index in [0.29, 0.717) is 17.5 Å². The summed E-state index contributed by atoms with van der Waals surface area (Å²) in [5.74, 6) is -0.344. The number of aryl methyl sites for hydroxylation is 1. The molecule has 132 valence electrons. The maximum Gasteiger partial charge on any atom is 0.416 e. The van der Waals surface area contributed by atoms with Gasteiger partial charge in [-0.15, -0.1) is 0 Å². The molecule has 1 heterocycles. The van der Waals surface area contributed by atoms with Crippen LogP contribution >= 0.6 is 0 Å². The standard InChI is InChI=1S/C18H16F3NO2S/c1-2-22-11-17(15-5-3-4-6-16(15)22)25(23,24)12-13-7-9-14(10-8-13)18(19,20)21/h3-11H,2,12H2,1H3. The second-order valence-corrected chi connectivity index (χ2v) is 7.71. The molecule has 0 spiro atoms. The first-order valence-electron chi connectivity index (χ1n) is 7.69. The zero-order chi connectivity index (χ0) is 18.2. The minimum Gasteiger partial charge on any atom is -0.346 e. The summed E-state index contributed by atoms with van der Waals surface area (Å²) in [6.07, 6.45) is -2.85. The summed E-state index contributed by atoms with van der Waals surface area (Å²) < 4.78 is 65.3. The van der Waals surface area contributed by atoms with Gasteiger partial charge < -0.3 is 4.57 Å². The van der Waals surface area contributed by atoms with Crippen molar-refractivity contribution < 1.29 is 21.6 Å². The van der Waals surface area contributed by atoms with Crippen LogP contribution in [0.15, 0.2) is 59.6 Å². The van der Waals surface area contributed by atoms with Crippen LogP contribution in [0.2, 0.25) is 0 Å². The molecule has 0 aliphatic rings. The van der Waals surface area contributed by atoms with Gasteiger partial charge in [-0.1, -0.05) is 30.3 Å². The van der Waals surface area contributed by atoms with Crippen LogP contribution in [0.3, 0.4) is 0 Å². The van der Waals surface area contributed by atoms with E-state index in [9.17, 15) is 21.6 Å². The Morgan fingerprint density at radius 3 is 2.24 bits per heavy atom. The van der Waals surface area contributed by atoms with E-state index in [0.717, 1.165) is 17.6 Å². The number of sulfone groups is 1. The number of rotatable bonds is 4. The van der Waals surface area contributed by atoms with E-state index in [4.69, 9.17) is 0 Å². The number of benzene rings is 2. The highest BCUT2D eigenvalue weighted by Gasteiger charge is 2.30. The van der Waals surface area contributed by atoms with E-state index in [1.54, 1.807) is 18.3 Å². The van der Waals surface area contributed by atoms with Crippen molar-refractivity contribution in [3.8, 4) is 0 Å². The fourth-order valence-corrected chi connectivity index (χ4v) is 4.39. The lowest BCUT2D eigenvalue weighted by atomic mass is 10.1. The molecule has 0 atom stereocenters. The Hall–Kier alpha value is -2.28. The third kappa shape index (κ3) is 3.42. The first kappa shape index (κ1) is 17.5. The Morgan fingerprint density at radius 1 is 1.00 bits per heavy atom. The second-order valence-electron chi connectivity index (χ2n) is 5.75. The number of para-hydroxylation sites is 1. The van der Waals surface area contributed by atoms with Crippen molar-refractivity contribution >= 4 is 20.7 Å². The summed E-state index contributed by atoms with van der Waals surface area (Å²) in [4.78, 5) is 0.199.